The van der Waals surface area contributed by atoms with Gasteiger partial charge in [0.25, 0.3) is 0 Å². The van der Waals surface area contributed by atoms with Crippen LogP contribution < -0.4 is 10.1 Å². The predicted octanol–water partition coefficient (Wildman–Crippen LogP) is 15.4. The molecule has 0 amide bonds. The summed E-state index contributed by atoms with van der Waals surface area (Å²) in [5, 5.41) is 33.9. The molecule has 1 spiro atoms. The summed E-state index contributed by atoms with van der Waals surface area (Å²) >= 11 is 0. The van der Waals surface area contributed by atoms with Crippen molar-refractivity contribution in [3.05, 3.63) is 101 Å². The Balaban J connectivity index is 1.09. The molecule has 3 aromatic carbocycles. The second-order valence-electron chi connectivity index (χ2n) is 20.7. The second-order valence-corrected chi connectivity index (χ2v) is 22.2. The predicted molar refractivity (Wildman–Crippen MR) is 305 cm³/mol. The monoisotopic (exact) mass is 1120 g/mol. The van der Waals surface area contributed by atoms with Gasteiger partial charge in [-0.1, -0.05) is 147 Å². The van der Waals surface area contributed by atoms with Gasteiger partial charge < -0.3 is 44.5 Å². The van der Waals surface area contributed by atoms with Crippen molar-refractivity contribution in [3.63, 3.8) is 0 Å². The van der Waals surface area contributed by atoms with Crippen LogP contribution in [0.25, 0.3) is 0 Å². The van der Waals surface area contributed by atoms with Gasteiger partial charge in [-0.2, -0.15) is 0 Å². The number of phenols is 2. The number of fused-ring (bicyclic) bond motifs is 6. The van der Waals surface area contributed by atoms with Crippen LogP contribution in [0.1, 0.15) is 231 Å². The maximum atomic E-state index is 13.8. The van der Waals surface area contributed by atoms with Gasteiger partial charge in [0.15, 0.2) is 11.7 Å². The van der Waals surface area contributed by atoms with Gasteiger partial charge in [0.2, 0.25) is 0 Å². The molecule has 3 aromatic rings. The highest BCUT2D eigenvalue weighted by atomic mass is 31.2. The Morgan fingerprint density at radius 3 is 1.59 bits per heavy atom. The molecule has 0 saturated heterocycles. The zero-order valence-electron chi connectivity index (χ0n) is 46.9. The number of hydrogen-bond acceptors (Lipinski definition) is 14. The number of carbonyl (C=O) groups excluding carboxylic acids is 3. The molecule has 1 unspecified atom stereocenters. The number of rotatable bonds is 42. The zero-order chi connectivity index (χ0) is 56.7. The molecule has 2 atom stereocenters. The third-order valence-corrected chi connectivity index (χ3v) is 15.3. The lowest BCUT2D eigenvalue weighted by molar-refractivity contribution is -0.161. The average molecular weight is 1120 g/mol. The van der Waals surface area contributed by atoms with Crippen LogP contribution in [-0.4, -0.2) is 76.6 Å². The van der Waals surface area contributed by atoms with Gasteiger partial charge in [0, 0.05) is 53.9 Å². The van der Waals surface area contributed by atoms with Gasteiger partial charge in [-0.15, -0.1) is 0 Å². The van der Waals surface area contributed by atoms with E-state index in [1.807, 2.05) is 0 Å². The number of unbranched alkanes of at least 4 members (excludes halogenated alkanes) is 22. The molecule has 16 nitrogen and oxygen atoms in total. The molecule has 79 heavy (non-hydrogen) atoms. The smallest absolute Gasteiger partial charge is 0.472 e. The average Bonchev–Trinajstić information content (AvgIpc) is 3.35. The number of hydrogen-bond donors (Lipinski definition) is 5. The molecule has 17 heteroatoms. The van der Waals surface area contributed by atoms with E-state index in [1.165, 1.54) is 126 Å². The fourth-order valence-electron chi connectivity index (χ4n) is 10.0. The Labute approximate surface area is 468 Å². The van der Waals surface area contributed by atoms with Crippen LogP contribution in [0.4, 0.5) is 5.69 Å². The number of allylic oxidation sites excluding steroid dienone is 4. The normalized spacial score (nSPS) is 14.3. The van der Waals surface area contributed by atoms with E-state index < -0.39 is 68.8 Å². The Morgan fingerprint density at radius 1 is 0.620 bits per heavy atom. The van der Waals surface area contributed by atoms with Crippen molar-refractivity contribution in [2.75, 3.05) is 31.7 Å². The standard InChI is InChI=1S/C62H88NO15P/c1-3-5-7-9-11-13-15-17-19-21-23-25-27-29-31-33-56(66)73-45-49(76-57(67)34-32-30-28-26-24-22-20-18-16-14-12-10-8-6-4-2)46-75-79(71,72)74-42-41-63-53-40-39-52-58(59(53)60(68)69)61(70)78-62(52)50-37-35-47(64)43-54(50)77-55-44-48(65)36-38-51(55)62/h17-20,35-40,43-44,49,63-65H,3-16,21-34,41-42,45-46H2,1-2H3,(H,68,69)(H,71,72)/t49-/m1/s1. The summed E-state index contributed by atoms with van der Waals surface area (Å²) in [5.41, 5.74) is -1.65. The molecule has 2 aliphatic heterocycles. The lowest BCUT2D eigenvalue weighted by Crippen LogP contribution is -2.33. The van der Waals surface area contributed by atoms with E-state index in [2.05, 4.69) is 43.5 Å². The van der Waals surface area contributed by atoms with Crippen molar-refractivity contribution in [3.8, 4) is 23.0 Å². The molecule has 0 saturated carbocycles. The van der Waals surface area contributed by atoms with E-state index in [0.717, 1.165) is 77.0 Å². The lowest BCUT2D eigenvalue weighted by Gasteiger charge is -2.36. The quantitative estimate of drug-likeness (QED) is 0.0117. The van der Waals surface area contributed by atoms with Crippen molar-refractivity contribution < 1.29 is 72.0 Å². The highest BCUT2D eigenvalue weighted by Gasteiger charge is 2.55. The molecular weight excluding hydrogens is 1030 g/mol. The van der Waals surface area contributed by atoms with Crippen molar-refractivity contribution in [1.29, 1.82) is 0 Å². The van der Waals surface area contributed by atoms with Gasteiger partial charge in [-0.05, 0) is 94.5 Å². The van der Waals surface area contributed by atoms with E-state index in [1.54, 1.807) is 0 Å². The molecule has 0 aliphatic carbocycles. The number of ether oxygens (including phenoxy) is 4. The summed E-state index contributed by atoms with van der Waals surface area (Å²) < 4.78 is 46.8. The molecule has 0 fully saturated rings. The van der Waals surface area contributed by atoms with Gasteiger partial charge in [0.1, 0.15) is 29.6 Å². The van der Waals surface area contributed by atoms with Crippen molar-refractivity contribution >= 4 is 37.4 Å². The number of aromatic hydroxyl groups is 2. The first-order valence-electron chi connectivity index (χ1n) is 29.3. The van der Waals surface area contributed by atoms with Crippen molar-refractivity contribution in [1.82, 2.24) is 0 Å². The van der Waals surface area contributed by atoms with Gasteiger partial charge in [-0.25, -0.2) is 14.2 Å². The minimum Gasteiger partial charge on any atom is -0.508 e. The van der Waals surface area contributed by atoms with Gasteiger partial charge in [0.05, 0.1) is 24.3 Å². The number of benzene rings is 3. The van der Waals surface area contributed by atoms with Crippen LogP contribution in [0, 0.1) is 0 Å². The van der Waals surface area contributed by atoms with Crippen LogP contribution >= 0.6 is 7.82 Å². The number of phenolic OH excluding ortho intramolecular Hbond substituents is 2. The minimum atomic E-state index is -4.82. The Bertz CT molecular complexity index is 2440. The third-order valence-electron chi connectivity index (χ3n) is 14.3. The number of anilines is 1. The maximum absolute atomic E-state index is 13.8. The van der Waals surface area contributed by atoms with Crippen LogP contribution in [0.15, 0.2) is 72.8 Å². The van der Waals surface area contributed by atoms with Crippen LogP contribution in [0.5, 0.6) is 23.0 Å². The second kappa shape index (κ2) is 35.1. The van der Waals surface area contributed by atoms with Crippen LogP contribution in [0.2, 0.25) is 0 Å². The topological polar surface area (TPSA) is 234 Å². The summed E-state index contributed by atoms with van der Waals surface area (Å²) in [6.45, 7) is 2.75. The van der Waals surface area contributed by atoms with Gasteiger partial charge in [-0.3, -0.25) is 18.6 Å². The first-order valence-corrected chi connectivity index (χ1v) is 30.8. The molecule has 2 heterocycles. The van der Waals surface area contributed by atoms with E-state index in [0.29, 0.717) is 24.0 Å². The summed E-state index contributed by atoms with van der Waals surface area (Å²) in [7, 11) is -4.82. The highest BCUT2D eigenvalue weighted by molar-refractivity contribution is 7.47. The molecule has 2 aliphatic rings. The number of carbonyl (C=O) groups is 4. The van der Waals surface area contributed by atoms with Crippen LogP contribution in [0.3, 0.4) is 0 Å². The number of aromatic carboxylic acids is 1. The molecule has 5 rings (SSSR count). The summed E-state index contributed by atoms with van der Waals surface area (Å²) in [6.07, 6.45) is 37.3. The number of nitrogens with one attached hydrogen (secondary N) is 1. The van der Waals surface area contributed by atoms with E-state index in [9.17, 15) is 44.0 Å². The molecule has 0 radical (unpaired) electrons. The summed E-state index contributed by atoms with van der Waals surface area (Å²) in [4.78, 5) is 63.2. The number of phosphoric acid groups is 1. The Morgan fingerprint density at radius 2 is 1.09 bits per heavy atom. The fraction of sp³-hybridized carbons (Fsp3) is 0.581. The number of esters is 3. The molecule has 5 N–H and O–H groups in total. The maximum Gasteiger partial charge on any atom is 0.472 e. The van der Waals surface area contributed by atoms with Crippen LogP contribution in [-0.2, 0) is 43.0 Å². The summed E-state index contributed by atoms with van der Waals surface area (Å²) in [6, 6.07) is 11.3. The third kappa shape index (κ3) is 21.4. The van der Waals surface area contributed by atoms with Crippen molar-refractivity contribution in [2.24, 2.45) is 0 Å². The SMILES string of the molecule is CCCCCCCCC=CCCCCCCCC(=O)OC[C@H](COP(=O)(O)OCCNc1ccc2c(c1C(=O)O)C(=O)OC21c2ccc(O)cc2Oc2cc(O)ccc21)OC(=O)CCCCCCCC=CCCCCCCCC. The highest BCUT2D eigenvalue weighted by Crippen LogP contribution is 2.58. The largest absolute Gasteiger partial charge is 0.508 e. The molecular formula is C62H88NO15P. The summed E-state index contributed by atoms with van der Waals surface area (Å²) in [5.74, 6) is -3.52. The van der Waals surface area contributed by atoms with Crippen molar-refractivity contribution in [2.45, 2.75) is 205 Å². The van der Waals surface area contributed by atoms with E-state index in [-0.39, 0.29) is 59.2 Å². The lowest BCUT2D eigenvalue weighted by atomic mass is 9.77. The Kier molecular flexibility index (Phi) is 28.5. The first kappa shape index (κ1) is 64.2. The number of carboxylic acid groups (broad SMARTS) is 1. The minimum absolute atomic E-state index is 0.0248. The number of carboxylic acids is 1. The molecule has 0 bridgehead atoms. The van der Waals surface area contributed by atoms with E-state index >= 15 is 0 Å². The Hall–Kier alpha value is -5.67. The zero-order valence-corrected chi connectivity index (χ0v) is 47.8. The fourth-order valence-corrected chi connectivity index (χ4v) is 10.8. The van der Waals surface area contributed by atoms with Gasteiger partial charge >= 0.3 is 31.7 Å². The number of phosphoric ester groups is 1. The first-order chi connectivity index (χ1) is 38.3. The molecule has 436 valence electrons. The molecule has 0 aromatic heterocycles. The van der Waals surface area contributed by atoms with E-state index in [4.69, 9.17) is 28.0 Å².